The minimum absolute atomic E-state index is 0.00408. The van der Waals surface area contributed by atoms with Gasteiger partial charge in [-0.1, -0.05) is 231 Å². The van der Waals surface area contributed by atoms with E-state index >= 15 is 0 Å². The summed E-state index contributed by atoms with van der Waals surface area (Å²) in [4.78, 5) is 25.4. The van der Waals surface area contributed by atoms with Gasteiger partial charge < -0.3 is 28.8 Å². The van der Waals surface area contributed by atoms with Crippen molar-refractivity contribution < 1.29 is 32.9 Å². The van der Waals surface area contributed by atoms with Crippen LogP contribution in [0.15, 0.2) is 24.3 Å². The first-order valence-electron chi connectivity index (χ1n) is 25.7. The molecule has 0 fully saturated rings. The molecule has 0 bridgehead atoms. The number of aliphatic hydroxyl groups excluding tert-OH is 1. The molecule has 0 aromatic heterocycles. The van der Waals surface area contributed by atoms with Crippen LogP contribution >= 0.6 is 7.82 Å². The van der Waals surface area contributed by atoms with E-state index in [1.807, 2.05) is 27.2 Å². The molecule has 0 saturated heterocycles. The molecule has 0 radical (unpaired) electrons. The number of likely N-dealkylation sites (N-methyl/N-ethyl adjacent to an activating group) is 1. The van der Waals surface area contributed by atoms with E-state index in [2.05, 4.69) is 31.3 Å². The second-order valence-electron chi connectivity index (χ2n) is 18.9. The largest absolute Gasteiger partial charge is 0.756 e. The number of nitrogens with zero attached hydrogens (tertiary/aromatic N) is 1. The second kappa shape index (κ2) is 43.2. The minimum atomic E-state index is -4.59. The molecule has 0 aliphatic carbocycles. The van der Waals surface area contributed by atoms with Crippen molar-refractivity contribution in [2.75, 3.05) is 40.9 Å². The Hall–Kier alpha value is -1.02. The van der Waals surface area contributed by atoms with Crippen LogP contribution in [-0.4, -0.2) is 68.5 Å². The lowest BCUT2D eigenvalue weighted by molar-refractivity contribution is -0.870. The number of carbonyl (C=O) groups is 1. The van der Waals surface area contributed by atoms with Gasteiger partial charge in [-0.2, -0.15) is 0 Å². The highest BCUT2D eigenvalue weighted by atomic mass is 31.2. The third-order valence-electron chi connectivity index (χ3n) is 11.7. The first-order chi connectivity index (χ1) is 29.0. The van der Waals surface area contributed by atoms with Crippen molar-refractivity contribution in [3.8, 4) is 0 Å². The Morgan fingerprint density at radius 1 is 0.567 bits per heavy atom. The van der Waals surface area contributed by atoms with Gasteiger partial charge in [0.2, 0.25) is 5.91 Å². The predicted octanol–water partition coefficient (Wildman–Crippen LogP) is 14.2. The number of nitrogens with one attached hydrogen (secondary N) is 1. The molecular weight excluding hydrogens is 768 g/mol. The molecule has 3 unspecified atom stereocenters. The SMILES string of the molecule is CCCCCCCCCC/C=C/CC/C=C/C(O)C(COP(=O)([O-])OCC[N+](C)(C)C)NC(=O)CCCCCCCCCCCCCCCCCCCCCCCCCC. The molecule has 0 aliphatic rings. The summed E-state index contributed by atoms with van der Waals surface area (Å²) in [5, 5.41) is 13.8. The molecule has 2 N–H and O–H groups in total. The first-order valence-corrected chi connectivity index (χ1v) is 27.2. The maximum absolute atomic E-state index is 12.9. The van der Waals surface area contributed by atoms with Gasteiger partial charge in [-0.25, -0.2) is 0 Å². The van der Waals surface area contributed by atoms with Gasteiger partial charge in [0.15, 0.2) is 0 Å². The second-order valence-corrected chi connectivity index (χ2v) is 20.3. The monoisotopic (exact) mass is 869 g/mol. The van der Waals surface area contributed by atoms with Crippen LogP contribution in [-0.2, 0) is 18.4 Å². The van der Waals surface area contributed by atoms with Crippen molar-refractivity contribution in [1.29, 1.82) is 0 Å². The zero-order chi connectivity index (χ0) is 44.3. The fourth-order valence-corrected chi connectivity index (χ4v) is 8.30. The highest BCUT2D eigenvalue weighted by molar-refractivity contribution is 7.45. The number of aliphatic hydroxyl groups is 1. The minimum Gasteiger partial charge on any atom is -0.756 e. The summed E-state index contributed by atoms with van der Waals surface area (Å²) in [6.07, 6.45) is 52.4. The number of phosphoric acid groups is 1. The fraction of sp³-hybridized carbons (Fsp3) is 0.902. The Kier molecular flexibility index (Phi) is 42.5. The molecule has 9 heteroatoms. The molecular formula is C51H101N2O6P. The lowest BCUT2D eigenvalue weighted by atomic mass is 10.0. The number of hydrogen-bond acceptors (Lipinski definition) is 6. The van der Waals surface area contributed by atoms with E-state index < -0.39 is 20.0 Å². The number of rotatable bonds is 47. The Morgan fingerprint density at radius 3 is 1.35 bits per heavy atom. The lowest BCUT2D eigenvalue weighted by Crippen LogP contribution is -2.45. The molecule has 0 rings (SSSR count). The smallest absolute Gasteiger partial charge is 0.268 e. The van der Waals surface area contributed by atoms with Gasteiger partial charge in [0, 0.05) is 6.42 Å². The van der Waals surface area contributed by atoms with Gasteiger partial charge in [-0.15, -0.1) is 0 Å². The Labute approximate surface area is 373 Å². The van der Waals surface area contributed by atoms with Gasteiger partial charge in [0.25, 0.3) is 7.82 Å². The zero-order valence-corrected chi connectivity index (χ0v) is 41.3. The summed E-state index contributed by atoms with van der Waals surface area (Å²) in [6.45, 7) is 4.64. The number of hydrogen-bond donors (Lipinski definition) is 2. The van der Waals surface area contributed by atoms with Crippen molar-refractivity contribution in [3.63, 3.8) is 0 Å². The van der Waals surface area contributed by atoms with Gasteiger partial charge in [-0.05, 0) is 32.1 Å². The van der Waals surface area contributed by atoms with Crippen molar-refractivity contribution in [1.82, 2.24) is 5.32 Å². The Morgan fingerprint density at radius 2 is 0.933 bits per heavy atom. The van der Waals surface area contributed by atoms with Crippen molar-refractivity contribution in [3.05, 3.63) is 24.3 Å². The third kappa shape index (κ3) is 45.0. The lowest BCUT2D eigenvalue weighted by Gasteiger charge is -2.29. The summed E-state index contributed by atoms with van der Waals surface area (Å²) in [7, 11) is 1.25. The molecule has 3 atom stereocenters. The molecule has 0 spiro atoms. The van der Waals surface area contributed by atoms with E-state index in [9.17, 15) is 19.4 Å². The molecule has 0 aromatic rings. The average molecular weight is 869 g/mol. The molecule has 1 amide bonds. The van der Waals surface area contributed by atoms with Gasteiger partial charge in [-0.3, -0.25) is 9.36 Å². The average Bonchev–Trinajstić information content (AvgIpc) is 3.20. The summed E-state index contributed by atoms with van der Waals surface area (Å²) < 4.78 is 23.2. The molecule has 0 saturated carbocycles. The Balaban J connectivity index is 4.22. The molecule has 60 heavy (non-hydrogen) atoms. The van der Waals surface area contributed by atoms with Crippen LogP contribution in [0.2, 0.25) is 0 Å². The first kappa shape index (κ1) is 59.0. The Bertz CT molecular complexity index is 1030. The normalized spacial score (nSPS) is 14.3. The summed E-state index contributed by atoms with van der Waals surface area (Å²) in [6, 6.07) is -0.898. The van der Waals surface area contributed by atoms with Crippen molar-refractivity contribution >= 4 is 13.7 Å². The van der Waals surface area contributed by atoms with Crippen LogP contribution < -0.4 is 10.2 Å². The molecule has 0 aromatic carbocycles. The standard InChI is InChI=1S/C51H101N2O6P/c1-6-8-10-12-14-16-18-20-22-23-24-25-26-27-28-29-30-31-33-35-37-39-41-43-45-51(55)52-49(48-59-60(56,57)58-47-46-53(3,4)5)50(54)44-42-40-38-36-34-32-21-19-17-15-13-11-9-7-2/h34,36,42,44,49-50,54H,6-33,35,37-41,43,45-48H2,1-5H3,(H-,52,55,56,57)/b36-34+,44-42+. The summed E-state index contributed by atoms with van der Waals surface area (Å²) in [5.41, 5.74) is 0. The number of allylic oxidation sites excluding steroid dienone is 3. The van der Waals surface area contributed by atoms with Gasteiger partial charge >= 0.3 is 0 Å². The fourth-order valence-electron chi connectivity index (χ4n) is 7.58. The van der Waals surface area contributed by atoms with Crippen molar-refractivity contribution in [2.45, 2.75) is 257 Å². The van der Waals surface area contributed by atoms with Crippen LogP contribution in [0.3, 0.4) is 0 Å². The molecule has 356 valence electrons. The van der Waals surface area contributed by atoms with E-state index in [4.69, 9.17) is 9.05 Å². The van der Waals surface area contributed by atoms with Crippen LogP contribution in [0.4, 0.5) is 0 Å². The highest BCUT2D eigenvalue weighted by Gasteiger charge is 2.23. The van der Waals surface area contributed by atoms with E-state index in [1.54, 1.807) is 6.08 Å². The number of amides is 1. The number of carbonyl (C=O) groups excluding carboxylic acids is 1. The quantitative estimate of drug-likeness (QED) is 0.0273. The maximum atomic E-state index is 12.9. The van der Waals surface area contributed by atoms with E-state index in [0.29, 0.717) is 17.4 Å². The van der Waals surface area contributed by atoms with E-state index in [0.717, 1.165) is 38.5 Å². The highest BCUT2D eigenvalue weighted by Crippen LogP contribution is 2.38. The van der Waals surface area contributed by atoms with Gasteiger partial charge in [0.1, 0.15) is 13.2 Å². The molecule has 0 aliphatic heterocycles. The van der Waals surface area contributed by atoms with Crippen LogP contribution in [0.5, 0.6) is 0 Å². The van der Waals surface area contributed by atoms with Gasteiger partial charge in [0.05, 0.1) is 39.9 Å². The predicted molar refractivity (Wildman–Crippen MR) is 256 cm³/mol. The summed E-state index contributed by atoms with van der Waals surface area (Å²) in [5.74, 6) is -0.203. The molecule has 0 heterocycles. The number of phosphoric ester groups is 1. The number of quaternary nitrogens is 1. The molecule has 8 nitrogen and oxygen atoms in total. The maximum Gasteiger partial charge on any atom is 0.268 e. The van der Waals surface area contributed by atoms with Crippen LogP contribution in [0, 0.1) is 0 Å². The zero-order valence-electron chi connectivity index (χ0n) is 40.4. The number of unbranched alkanes of at least 4 members (excludes halogenated alkanes) is 32. The topological polar surface area (TPSA) is 108 Å². The van der Waals surface area contributed by atoms with Crippen molar-refractivity contribution in [2.24, 2.45) is 0 Å². The third-order valence-corrected chi connectivity index (χ3v) is 12.6. The van der Waals surface area contributed by atoms with Crippen LogP contribution in [0.1, 0.15) is 245 Å². The van der Waals surface area contributed by atoms with E-state index in [-0.39, 0.29) is 19.1 Å². The van der Waals surface area contributed by atoms with Crippen LogP contribution in [0.25, 0.3) is 0 Å². The van der Waals surface area contributed by atoms with E-state index in [1.165, 1.54) is 186 Å². The summed E-state index contributed by atoms with van der Waals surface area (Å²) >= 11 is 0.